The highest BCUT2D eigenvalue weighted by molar-refractivity contribution is 5.78. The summed E-state index contributed by atoms with van der Waals surface area (Å²) >= 11 is 0. The first-order valence-corrected chi connectivity index (χ1v) is 8.04. The van der Waals surface area contributed by atoms with Crippen LogP contribution in [0, 0.1) is 0 Å². The Morgan fingerprint density at radius 2 is 1.86 bits per heavy atom. The average molecular weight is 305 g/mol. The lowest BCUT2D eigenvalue weighted by Crippen LogP contribution is -2.50. The van der Waals surface area contributed by atoms with E-state index in [9.17, 15) is 4.79 Å². The molecule has 0 bridgehead atoms. The normalized spacial score (nSPS) is 16.4. The van der Waals surface area contributed by atoms with Crippen molar-refractivity contribution in [2.45, 2.75) is 39.7 Å². The fourth-order valence-corrected chi connectivity index (χ4v) is 2.56. The van der Waals surface area contributed by atoms with Crippen molar-refractivity contribution in [1.29, 1.82) is 0 Å². The Bertz CT molecular complexity index is 495. The number of nitrogens with one attached hydrogen (secondary N) is 1. The van der Waals surface area contributed by atoms with Crippen LogP contribution in [0.1, 0.15) is 39.3 Å². The summed E-state index contributed by atoms with van der Waals surface area (Å²) in [6, 6.07) is 2.27. The highest BCUT2D eigenvalue weighted by atomic mass is 16.2. The van der Waals surface area contributed by atoms with Crippen LogP contribution in [0.25, 0.3) is 0 Å². The summed E-state index contributed by atoms with van der Waals surface area (Å²) in [6.07, 6.45) is 1.65. The highest BCUT2D eigenvalue weighted by Gasteiger charge is 2.20. The molecule has 0 radical (unpaired) electrons. The highest BCUT2D eigenvalue weighted by Crippen LogP contribution is 2.18. The van der Waals surface area contributed by atoms with Gasteiger partial charge in [-0.2, -0.15) is 0 Å². The minimum Gasteiger partial charge on any atom is -0.354 e. The minimum absolute atomic E-state index is 0.104. The summed E-state index contributed by atoms with van der Waals surface area (Å²) in [5.41, 5.74) is 1.07. The number of piperazine rings is 1. The molecule has 0 spiro atoms. The predicted molar refractivity (Wildman–Crippen MR) is 88.1 cm³/mol. The third kappa shape index (κ3) is 4.66. The Morgan fingerprint density at radius 3 is 2.45 bits per heavy atom. The van der Waals surface area contributed by atoms with Gasteiger partial charge in [0.1, 0.15) is 12.1 Å². The molecule has 0 atom stereocenters. The molecule has 0 unspecified atom stereocenters. The molecule has 1 fully saturated rings. The lowest BCUT2D eigenvalue weighted by molar-refractivity contribution is -0.122. The molecular formula is C16H27N5O. The smallest absolute Gasteiger partial charge is 0.234 e. The molecule has 0 aromatic carbocycles. The molecule has 0 saturated carbocycles. The van der Waals surface area contributed by atoms with Gasteiger partial charge in [-0.25, -0.2) is 9.97 Å². The molecular weight excluding hydrogens is 278 g/mol. The first kappa shape index (κ1) is 16.7. The number of amides is 1. The molecule has 1 aromatic rings. The van der Waals surface area contributed by atoms with E-state index in [-0.39, 0.29) is 11.9 Å². The molecule has 1 aliphatic heterocycles. The van der Waals surface area contributed by atoms with E-state index in [0.717, 1.165) is 37.7 Å². The largest absolute Gasteiger partial charge is 0.354 e. The van der Waals surface area contributed by atoms with E-state index in [0.29, 0.717) is 12.5 Å². The number of carbonyl (C=O) groups excluding carboxylic acids is 1. The standard InChI is InChI=1S/C16H27N5O/c1-12(2)14-9-15(18-11-17-14)21-7-5-20(6-8-21)10-16(22)19-13(3)4/h9,11-13H,5-8,10H2,1-4H3,(H,19,22). The monoisotopic (exact) mass is 305 g/mol. The summed E-state index contributed by atoms with van der Waals surface area (Å²) in [7, 11) is 0. The quantitative estimate of drug-likeness (QED) is 0.887. The number of rotatable bonds is 5. The number of aromatic nitrogens is 2. The van der Waals surface area contributed by atoms with Gasteiger partial charge in [-0.3, -0.25) is 9.69 Å². The maximum atomic E-state index is 11.8. The van der Waals surface area contributed by atoms with Crippen molar-refractivity contribution in [2.24, 2.45) is 0 Å². The molecule has 1 saturated heterocycles. The first-order valence-electron chi connectivity index (χ1n) is 8.04. The van der Waals surface area contributed by atoms with Crippen molar-refractivity contribution in [2.75, 3.05) is 37.6 Å². The maximum absolute atomic E-state index is 11.8. The fourth-order valence-electron chi connectivity index (χ4n) is 2.56. The molecule has 2 rings (SSSR count). The molecule has 1 aliphatic rings. The topological polar surface area (TPSA) is 61.4 Å². The molecule has 6 nitrogen and oxygen atoms in total. The zero-order valence-corrected chi connectivity index (χ0v) is 14.0. The zero-order chi connectivity index (χ0) is 16.1. The summed E-state index contributed by atoms with van der Waals surface area (Å²) in [6.45, 7) is 12.3. The van der Waals surface area contributed by atoms with Gasteiger partial charge in [0, 0.05) is 44.0 Å². The van der Waals surface area contributed by atoms with E-state index in [4.69, 9.17) is 0 Å². The summed E-state index contributed by atoms with van der Waals surface area (Å²) in [4.78, 5) is 25.0. The van der Waals surface area contributed by atoms with E-state index in [1.165, 1.54) is 0 Å². The Morgan fingerprint density at radius 1 is 1.18 bits per heavy atom. The third-order valence-corrected chi connectivity index (χ3v) is 3.78. The molecule has 6 heteroatoms. The molecule has 2 heterocycles. The summed E-state index contributed by atoms with van der Waals surface area (Å²) in [5.74, 6) is 1.50. The van der Waals surface area contributed by atoms with Crippen LogP contribution in [0.5, 0.6) is 0 Å². The molecule has 1 aromatic heterocycles. The van der Waals surface area contributed by atoms with Gasteiger partial charge in [-0.1, -0.05) is 13.8 Å². The number of hydrogen-bond acceptors (Lipinski definition) is 5. The molecule has 22 heavy (non-hydrogen) atoms. The Kier molecular flexibility index (Phi) is 5.71. The van der Waals surface area contributed by atoms with Crippen LogP contribution in [0.4, 0.5) is 5.82 Å². The van der Waals surface area contributed by atoms with E-state index >= 15 is 0 Å². The van der Waals surface area contributed by atoms with Crippen LogP contribution in [-0.2, 0) is 4.79 Å². The van der Waals surface area contributed by atoms with E-state index < -0.39 is 0 Å². The number of hydrogen-bond donors (Lipinski definition) is 1. The van der Waals surface area contributed by atoms with Gasteiger partial charge >= 0.3 is 0 Å². The number of anilines is 1. The van der Waals surface area contributed by atoms with Gasteiger partial charge in [0.15, 0.2) is 0 Å². The van der Waals surface area contributed by atoms with Crippen molar-refractivity contribution in [1.82, 2.24) is 20.2 Å². The van der Waals surface area contributed by atoms with Gasteiger partial charge < -0.3 is 10.2 Å². The lowest BCUT2D eigenvalue weighted by atomic mass is 10.1. The Labute approximate surface area is 132 Å². The van der Waals surface area contributed by atoms with Crippen molar-refractivity contribution in [3.05, 3.63) is 18.1 Å². The van der Waals surface area contributed by atoms with Crippen LogP contribution in [0.2, 0.25) is 0 Å². The zero-order valence-electron chi connectivity index (χ0n) is 14.0. The van der Waals surface area contributed by atoms with Crippen LogP contribution in [0.15, 0.2) is 12.4 Å². The molecule has 1 amide bonds. The van der Waals surface area contributed by atoms with Gasteiger partial charge in [-0.15, -0.1) is 0 Å². The van der Waals surface area contributed by atoms with Crippen molar-refractivity contribution in [3.8, 4) is 0 Å². The molecule has 0 aliphatic carbocycles. The van der Waals surface area contributed by atoms with Gasteiger partial charge in [0.2, 0.25) is 5.91 Å². The van der Waals surface area contributed by atoms with Crippen molar-refractivity contribution < 1.29 is 4.79 Å². The van der Waals surface area contributed by atoms with E-state index in [2.05, 4.69) is 45.0 Å². The predicted octanol–water partition coefficient (Wildman–Crippen LogP) is 1.25. The Hall–Kier alpha value is -1.69. The number of carbonyl (C=O) groups is 1. The number of nitrogens with zero attached hydrogens (tertiary/aromatic N) is 4. The lowest BCUT2D eigenvalue weighted by Gasteiger charge is -2.35. The van der Waals surface area contributed by atoms with Crippen LogP contribution in [0.3, 0.4) is 0 Å². The maximum Gasteiger partial charge on any atom is 0.234 e. The van der Waals surface area contributed by atoms with Gasteiger partial charge in [0.05, 0.1) is 6.54 Å². The second-order valence-corrected chi connectivity index (χ2v) is 6.44. The third-order valence-electron chi connectivity index (χ3n) is 3.78. The SMILES string of the molecule is CC(C)NC(=O)CN1CCN(c2cc(C(C)C)ncn2)CC1. The van der Waals surface area contributed by atoms with Gasteiger partial charge in [0.25, 0.3) is 0 Å². The van der Waals surface area contributed by atoms with Crippen LogP contribution < -0.4 is 10.2 Å². The van der Waals surface area contributed by atoms with Gasteiger partial charge in [-0.05, 0) is 19.8 Å². The van der Waals surface area contributed by atoms with Crippen molar-refractivity contribution >= 4 is 11.7 Å². The van der Waals surface area contributed by atoms with E-state index in [1.54, 1.807) is 6.33 Å². The first-order chi connectivity index (χ1) is 10.5. The van der Waals surface area contributed by atoms with Crippen LogP contribution >= 0.6 is 0 Å². The molecule has 122 valence electrons. The second kappa shape index (κ2) is 7.54. The Balaban J connectivity index is 1.87. The average Bonchev–Trinajstić information content (AvgIpc) is 2.47. The van der Waals surface area contributed by atoms with Crippen LogP contribution in [-0.4, -0.2) is 59.5 Å². The molecule has 1 N–H and O–H groups in total. The summed E-state index contributed by atoms with van der Waals surface area (Å²) < 4.78 is 0. The van der Waals surface area contributed by atoms with Crippen molar-refractivity contribution in [3.63, 3.8) is 0 Å². The fraction of sp³-hybridized carbons (Fsp3) is 0.688. The van der Waals surface area contributed by atoms with E-state index in [1.807, 2.05) is 13.8 Å². The second-order valence-electron chi connectivity index (χ2n) is 6.44. The minimum atomic E-state index is 0.104. The summed E-state index contributed by atoms with van der Waals surface area (Å²) in [5, 5.41) is 2.94.